The molecule has 0 saturated carbocycles. The van der Waals surface area contributed by atoms with E-state index in [4.69, 9.17) is 14.2 Å². The molecule has 11 nitrogen and oxygen atoms in total. The number of carbonyl (C=O) groups excluding carboxylic acids is 2. The molecule has 0 aliphatic carbocycles. The van der Waals surface area contributed by atoms with Crippen LogP contribution in [0.25, 0.3) is 0 Å². The Hall–Kier alpha value is -3.16. The van der Waals surface area contributed by atoms with Crippen LogP contribution >= 0.6 is 0 Å². The highest BCUT2D eigenvalue weighted by atomic mass is 16.7. The van der Waals surface area contributed by atoms with Crippen LogP contribution < -0.4 is 5.32 Å². The minimum absolute atomic E-state index is 0.0750. The zero-order valence-corrected chi connectivity index (χ0v) is 49.1. The fourth-order valence-corrected chi connectivity index (χ4v) is 9.40. The highest BCUT2D eigenvalue weighted by Gasteiger charge is 2.47. The van der Waals surface area contributed by atoms with Gasteiger partial charge in [0.1, 0.15) is 24.4 Å². The molecule has 0 radical (unpaired) electrons. The lowest BCUT2D eigenvalue weighted by Gasteiger charge is -2.41. The fraction of sp³-hybridized carbons (Fsp3) is 0.758. The highest BCUT2D eigenvalue weighted by molar-refractivity contribution is 5.80. The summed E-state index contributed by atoms with van der Waals surface area (Å²) in [6, 6.07) is -1.04. The molecule has 444 valence electrons. The van der Waals surface area contributed by atoms with Gasteiger partial charge in [-0.2, -0.15) is 0 Å². The van der Waals surface area contributed by atoms with Crippen LogP contribution in [0.2, 0.25) is 0 Å². The summed E-state index contributed by atoms with van der Waals surface area (Å²) in [5.41, 5.74) is 0. The van der Waals surface area contributed by atoms with Gasteiger partial charge >= 0.3 is 5.97 Å². The number of esters is 1. The number of unbranched alkanes of at least 4 members (excludes halogenated alkanes) is 29. The third kappa shape index (κ3) is 41.5. The normalized spacial score (nSPS) is 19.6. The molecule has 1 fully saturated rings. The van der Waals surface area contributed by atoms with Crippen LogP contribution in [-0.2, 0) is 23.8 Å². The van der Waals surface area contributed by atoms with Gasteiger partial charge < -0.3 is 45.1 Å². The smallest absolute Gasteiger partial charge is 0.306 e. The van der Waals surface area contributed by atoms with Gasteiger partial charge in [0.15, 0.2) is 12.4 Å². The number of hydrogen-bond acceptors (Lipinski definition) is 10. The first-order valence-corrected chi connectivity index (χ1v) is 31.4. The molecular formula is C66H115NO10. The zero-order chi connectivity index (χ0) is 56.1. The molecule has 8 atom stereocenters. The number of ether oxygens (including phenoxy) is 3. The van der Waals surface area contributed by atoms with Crippen molar-refractivity contribution in [1.82, 2.24) is 5.32 Å². The molecular weight excluding hydrogens is 967 g/mol. The molecule has 1 aliphatic heterocycles. The quantitative estimate of drug-likeness (QED) is 0.0149. The SMILES string of the molecule is CC/C=C/C=C/C=C\C=C/CCCCCC(=O)OC1C(OCC(NC(=O)C(O)CCCCCCCCCCCCCCCC/C=C\C/C=C\CCCCC)C(O)/C=C/CCCCCCCCCCC)OC(CO)C(O)C1O. The number of carbonyl (C=O) groups is 2. The monoisotopic (exact) mass is 1080 g/mol. The Labute approximate surface area is 470 Å². The first-order valence-electron chi connectivity index (χ1n) is 31.4. The summed E-state index contributed by atoms with van der Waals surface area (Å²) in [4.78, 5) is 26.5. The first kappa shape index (κ1) is 71.9. The molecule has 6 N–H and O–H groups in total. The van der Waals surface area contributed by atoms with Crippen molar-refractivity contribution in [3.8, 4) is 0 Å². The molecule has 0 bridgehead atoms. The Morgan fingerprint density at radius 3 is 1.53 bits per heavy atom. The van der Waals surface area contributed by atoms with Gasteiger partial charge in [0.2, 0.25) is 5.91 Å². The predicted octanol–water partition coefficient (Wildman–Crippen LogP) is 14.9. The number of hydrogen-bond donors (Lipinski definition) is 6. The molecule has 77 heavy (non-hydrogen) atoms. The fourth-order valence-electron chi connectivity index (χ4n) is 9.40. The molecule has 1 amide bonds. The second kappa shape index (κ2) is 53.5. The lowest BCUT2D eigenvalue weighted by molar-refractivity contribution is -0.305. The maximum atomic E-state index is 13.4. The molecule has 0 aromatic carbocycles. The maximum Gasteiger partial charge on any atom is 0.306 e. The van der Waals surface area contributed by atoms with E-state index in [1.165, 1.54) is 141 Å². The van der Waals surface area contributed by atoms with Crippen LogP contribution in [0.4, 0.5) is 0 Å². The molecule has 1 heterocycles. The highest BCUT2D eigenvalue weighted by Crippen LogP contribution is 2.26. The van der Waals surface area contributed by atoms with Gasteiger partial charge in [-0.05, 0) is 77.0 Å². The third-order valence-corrected chi connectivity index (χ3v) is 14.4. The Balaban J connectivity index is 2.61. The van der Waals surface area contributed by atoms with Crippen molar-refractivity contribution in [2.45, 2.75) is 307 Å². The number of aliphatic hydroxyl groups excluding tert-OH is 5. The van der Waals surface area contributed by atoms with E-state index in [0.29, 0.717) is 12.8 Å². The largest absolute Gasteiger partial charge is 0.454 e. The van der Waals surface area contributed by atoms with Gasteiger partial charge in [-0.15, -0.1) is 0 Å². The van der Waals surface area contributed by atoms with Gasteiger partial charge in [-0.3, -0.25) is 9.59 Å². The minimum Gasteiger partial charge on any atom is -0.454 e. The Bertz CT molecular complexity index is 1570. The van der Waals surface area contributed by atoms with Gasteiger partial charge in [0.05, 0.1) is 25.4 Å². The van der Waals surface area contributed by atoms with Crippen LogP contribution in [0.3, 0.4) is 0 Å². The van der Waals surface area contributed by atoms with E-state index < -0.39 is 67.4 Å². The van der Waals surface area contributed by atoms with Gasteiger partial charge in [0, 0.05) is 6.42 Å². The summed E-state index contributed by atoms with van der Waals surface area (Å²) >= 11 is 0. The Morgan fingerprint density at radius 1 is 0.532 bits per heavy atom. The number of rotatable bonds is 52. The van der Waals surface area contributed by atoms with E-state index in [9.17, 15) is 35.1 Å². The summed E-state index contributed by atoms with van der Waals surface area (Å²) in [5, 5.41) is 56.9. The van der Waals surface area contributed by atoms with Crippen LogP contribution in [0.15, 0.2) is 85.1 Å². The van der Waals surface area contributed by atoms with Crippen molar-refractivity contribution < 1.29 is 49.3 Å². The van der Waals surface area contributed by atoms with Crippen LogP contribution in [0, 0.1) is 0 Å². The van der Waals surface area contributed by atoms with Crippen LogP contribution in [0.1, 0.15) is 258 Å². The zero-order valence-electron chi connectivity index (χ0n) is 49.1. The van der Waals surface area contributed by atoms with E-state index >= 15 is 0 Å². The average Bonchev–Trinajstić information content (AvgIpc) is 3.44. The van der Waals surface area contributed by atoms with E-state index in [2.05, 4.69) is 62.5 Å². The van der Waals surface area contributed by atoms with Crippen LogP contribution in [-0.4, -0.2) is 99.6 Å². The van der Waals surface area contributed by atoms with Gasteiger partial charge in [-0.25, -0.2) is 0 Å². The van der Waals surface area contributed by atoms with Crippen molar-refractivity contribution in [2.75, 3.05) is 13.2 Å². The number of allylic oxidation sites excluding steroid dienone is 13. The van der Waals surface area contributed by atoms with E-state index in [1.807, 2.05) is 42.5 Å². The van der Waals surface area contributed by atoms with Crippen molar-refractivity contribution in [3.05, 3.63) is 85.1 Å². The molecule has 11 heteroatoms. The number of nitrogens with one attached hydrogen (secondary N) is 1. The predicted molar refractivity (Wildman–Crippen MR) is 319 cm³/mol. The van der Waals surface area contributed by atoms with Gasteiger partial charge in [-0.1, -0.05) is 260 Å². The second-order valence-electron chi connectivity index (χ2n) is 21.5. The third-order valence-electron chi connectivity index (χ3n) is 14.4. The molecule has 1 aliphatic rings. The van der Waals surface area contributed by atoms with Crippen molar-refractivity contribution in [3.63, 3.8) is 0 Å². The van der Waals surface area contributed by atoms with Crippen molar-refractivity contribution >= 4 is 11.9 Å². The molecule has 1 saturated heterocycles. The molecule has 0 spiro atoms. The summed E-state index contributed by atoms with van der Waals surface area (Å²) in [6.45, 7) is 5.59. The number of amides is 1. The average molecular weight is 1080 g/mol. The first-order chi connectivity index (χ1) is 37.7. The minimum atomic E-state index is -1.63. The Morgan fingerprint density at radius 2 is 0.987 bits per heavy atom. The van der Waals surface area contributed by atoms with E-state index in [1.54, 1.807) is 6.08 Å². The summed E-state index contributed by atoms with van der Waals surface area (Å²) in [6.07, 6.45) is 59.3. The molecule has 1 rings (SSSR count). The maximum absolute atomic E-state index is 13.4. The van der Waals surface area contributed by atoms with E-state index in [-0.39, 0.29) is 19.4 Å². The second-order valence-corrected chi connectivity index (χ2v) is 21.5. The standard InChI is InChI=1S/C66H115NO10/c1-4-7-10-13-16-19-22-24-25-26-27-28-29-30-31-32-33-34-36-38-41-44-47-50-53-59(70)65(74)67-57(58(69)52-49-46-43-40-37-21-18-15-12-9-6-3)56-75-66-64(63(73)62(72)60(55-68)76-66)77-61(71)54-51-48-45-42-39-35-23-20-17-14-11-8-5-2/h8,11,14,16-17,19-20,23-25,35,39,49,52,57-60,62-64,66,68-70,72-73H,4-7,9-10,12-13,15,18,21-22,26-34,36-38,40-48,50-51,53-56H2,1-3H3,(H,67,74)/b11-8+,17-14+,19-16-,23-20-,25-24-,39-35-,52-49+. The molecule has 8 unspecified atom stereocenters. The lowest BCUT2D eigenvalue weighted by atomic mass is 9.99. The summed E-state index contributed by atoms with van der Waals surface area (Å²) in [5.74, 6) is -1.24. The van der Waals surface area contributed by atoms with Crippen molar-refractivity contribution in [2.24, 2.45) is 0 Å². The van der Waals surface area contributed by atoms with Crippen LogP contribution in [0.5, 0.6) is 0 Å². The lowest BCUT2D eigenvalue weighted by Crippen LogP contribution is -2.61. The molecule has 0 aromatic heterocycles. The summed E-state index contributed by atoms with van der Waals surface area (Å²) < 4.78 is 17.5. The number of aliphatic hydroxyl groups is 5. The summed E-state index contributed by atoms with van der Waals surface area (Å²) in [7, 11) is 0. The van der Waals surface area contributed by atoms with E-state index in [0.717, 1.165) is 70.6 Å². The van der Waals surface area contributed by atoms with Crippen molar-refractivity contribution in [1.29, 1.82) is 0 Å². The topological polar surface area (TPSA) is 175 Å². The van der Waals surface area contributed by atoms with Gasteiger partial charge in [0.25, 0.3) is 0 Å². The molecule has 0 aromatic rings. The Kier molecular flexibility index (Phi) is 49.9.